The Bertz CT molecular complexity index is 549. The Hall–Kier alpha value is -2.56. The predicted molar refractivity (Wildman–Crippen MR) is 70.7 cm³/mol. The molecule has 0 unspecified atom stereocenters. The summed E-state index contributed by atoms with van der Waals surface area (Å²) in [5.41, 5.74) is 0.687. The standard InChI is InChI=1S/C14H14N2O3/c1-10(15-14(18)12-8-5-9-19-12)13(17)16-11-6-3-2-4-7-11/h2-10H,1H3,(H,15,18)(H,16,17)/t10-/m1/s1. The van der Waals surface area contributed by atoms with E-state index in [1.807, 2.05) is 18.2 Å². The first-order valence-electron chi connectivity index (χ1n) is 5.87. The number of carbonyl (C=O) groups is 2. The summed E-state index contributed by atoms with van der Waals surface area (Å²) in [7, 11) is 0. The molecular weight excluding hydrogens is 244 g/mol. The third-order valence-corrected chi connectivity index (χ3v) is 2.53. The molecule has 1 aromatic heterocycles. The molecule has 0 saturated carbocycles. The van der Waals surface area contributed by atoms with Crippen molar-refractivity contribution in [3.05, 3.63) is 54.5 Å². The molecule has 98 valence electrons. The Morgan fingerprint density at radius 3 is 2.47 bits per heavy atom. The summed E-state index contributed by atoms with van der Waals surface area (Å²) >= 11 is 0. The van der Waals surface area contributed by atoms with E-state index in [1.165, 1.54) is 12.3 Å². The number of para-hydroxylation sites is 1. The first-order chi connectivity index (χ1) is 9.16. The van der Waals surface area contributed by atoms with Crippen molar-refractivity contribution in [2.45, 2.75) is 13.0 Å². The molecule has 5 heteroatoms. The largest absolute Gasteiger partial charge is 0.459 e. The van der Waals surface area contributed by atoms with Crippen molar-refractivity contribution < 1.29 is 14.0 Å². The van der Waals surface area contributed by atoms with Crippen molar-refractivity contribution in [1.29, 1.82) is 0 Å². The Balaban J connectivity index is 1.91. The molecule has 2 rings (SSSR count). The highest BCUT2D eigenvalue weighted by atomic mass is 16.3. The third kappa shape index (κ3) is 3.45. The van der Waals surface area contributed by atoms with Crippen LogP contribution in [0.3, 0.4) is 0 Å². The summed E-state index contributed by atoms with van der Waals surface area (Å²) < 4.78 is 4.95. The van der Waals surface area contributed by atoms with Gasteiger partial charge in [-0.3, -0.25) is 9.59 Å². The SMILES string of the molecule is C[C@@H](NC(=O)c1ccco1)C(=O)Nc1ccccc1. The van der Waals surface area contributed by atoms with Crippen LogP contribution in [-0.2, 0) is 4.79 Å². The highest BCUT2D eigenvalue weighted by Crippen LogP contribution is 2.06. The van der Waals surface area contributed by atoms with Crippen LogP contribution in [0, 0.1) is 0 Å². The number of nitrogens with one attached hydrogen (secondary N) is 2. The van der Waals surface area contributed by atoms with Gasteiger partial charge in [0.1, 0.15) is 6.04 Å². The summed E-state index contributed by atoms with van der Waals surface area (Å²) in [6.45, 7) is 1.61. The Morgan fingerprint density at radius 2 is 1.84 bits per heavy atom. The first-order valence-corrected chi connectivity index (χ1v) is 5.87. The van der Waals surface area contributed by atoms with Crippen molar-refractivity contribution in [3.63, 3.8) is 0 Å². The summed E-state index contributed by atoms with van der Waals surface area (Å²) in [5, 5.41) is 5.27. The van der Waals surface area contributed by atoms with Crippen LogP contribution in [0.25, 0.3) is 0 Å². The van der Waals surface area contributed by atoms with E-state index in [9.17, 15) is 9.59 Å². The number of amides is 2. The average molecular weight is 258 g/mol. The summed E-state index contributed by atoms with van der Waals surface area (Å²) in [6.07, 6.45) is 1.41. The van der Waals surface area contributed by atoms with Crippen LogP contribution in [0.5, 0.6) is 0 Å². The number of furan rings is 1. The molecule has 0 spiro atoms. The molecule has 1 heterocycles. The zero-order valence-electron chi connectivity index (χ0n) is 10.4. The van der Waals surface area contributed by atoms with Gasteiger partial charge in [0.05, 0.1) is 6.26 Å². The van der Waals surface area contributed by atoms with Crippen molar-refractivity contribution in [1.82, 2.24) is 5.32 Å². The lowest BCUT2D eigenvalue weighted by molar-refractivity contribution is -0.117. The summed E-state index contributed by atoms with van der Waals surface area (Å²) in [5.74, 6) is -0.522. The van der Waals surface area contributed by atoms with Crippen LogP contribution < -0.4 is 10.6 Å². The van der Waals surface area contributed by atoms with Gasteiger partial charge < -0.3 is 15.1 Å². The molecule has 0 bridgehead atoms. The van der Waals surface area contributed by atoms with Crippen LogP contribution in [-0.4, -0.2) is 17.9 Å². The Labute approximate surface area is 110 Å². The second-order valence-corrected chi connectivity index (χ2v) is 4.03. The molecule has 2 aromatic rings. The van der Waals surface area contributed by atoms with Crippen molar-refractivity contribution >= 4 is 17.5 Å². The lowest BCUT2D eigenvalue weighted by Crippen LogP contribution is -2.41. The zero-order valence-corrected chi connectivity index (χ0v) is 10.4. The molecule has 0 aliphatic heterocycles. The average Bonchev–Trinajstić information content (AvgIpc) is 2.93. The van der Waals surface area contributed by atoms with Crippen LogP contribution in [0.2, 0.25) is 0 Å². The highest BCUT2D eigenvalue weighted by Gasteiger charge is 2.17. The van der Waals surface area contributed by atoms with E-state index in [1.54, 1.807) is 25.1 Å². The molecule has 19 heavy (non-hydrogen) atoms. The Morgan fingerprint density at radius 1 is 1.11 bits per heavy atom. The number of rotatable bonds is 4. The number of benzene rings is 1. The molecule has 1 aromatic carbocycles. The van der Waals surface area contributed by atoms with Gasteiger partial charge in [0.25, 0.3) is 5.91 Å². The van der Waals surface area contributed by atoms with Gasteiger partial charge in [-0.05, 0) is 31.2 Å². The molecule has 0 aliphatic carbocycles. The van der Waals surface area contributed by atoms with E-state index in [2.05, 4.69) is 10.6 Å². The van der Waals surface area contributed by atoms with Crippen LogP contribution in [0.4, 0.5) is 5.69 Å². The molecule has 5 nitrogen and oxygen atoms in total. The number of anilines is 1. The molecule has 2 amide bonds. The normalized spacial score (nSPS) is 11.6. The van der Waals surface area contributed by atoms with E-state index < -0.39 is 11.9 Å². The van der Waals surface area contributed by atoms with Crippen LogP contribution >= 0.6 is 0 Å². The Kier molecular flexibility index (Phi) is 3.97. The maximum atomic E-state index is 11.9. The molecule has 2 N–H and O–H groups in total. The van der Waals surface area contributed by atoms with Gasteiger partial charge in [-0.1, -0.05) is 18.2 Å². The van der Waals surface area contributed by atoms with Gasteiger partial charge in [0, 0.05) is 5.69 Å². The topological polar surface area (TPSA) is 71.3 Å². The quantitative estimate of drug-likeness (QED) is 0.881. The van der Waals surface area contributed by atoms with Gasteiger partial charge in [-0.25, -0.2) is 0 Å². The monoisotopic (exact) mass is 258 g/mol. The molecule has 0 radical (unpaired) electrons. The predicted octanol–water partition coefficient (Wildman–Crippen LogP) is 2.04. The number of hydrogen-bond acceptors (Lipinski definition) is 3. The van der Waals surface area contributed by atoms with Crippen molar-refractivity contribution in [2.24, 2.45) is 0 Å². The van der Waals surface area contributed by atoms with Gasteiger partial charge in [-0.2, -0.15) is 0 Å². The van der Waals surface area contributed by atoms with Gasteiger partial charge in [0.2, 0.25) is 5.91 Å². The van der Waals surface area contributed by atoms with Crippen molar-refractivity contribution in [2.75, 3.05) is 5.32 Å². The second-order valence-electron chi connectivity index (χ2n) is 4.03. The number of hydrogen-bond donors (Lipinski definition) is 2. The molecule has 1 atom stereocenters. The number of carbonyl (C=O) groups excluding carboxylic acids is 2. The van der Waals surface area contributed by atoms with E-state index in [0.717, 1.165) is 0 Å². The maximum Gasteiger partial charge on any atom is 0.287 e. The van der Waals surface area contributed by atoms with Crippen LogP contribution in [0.1, 0.15) is 17.5 Å². The van der Waals surface area contributed by atoms with E-state index in [4.69, 9.17) is 4.42 Å². The third-order valence-electron chi connectivity index (χ3n) is 2.53. The fraction of sp³-hybridized carbons (Fsp3) is 0.143. The van der Waals surface area contributed by atoms with Crippen molar-refractivity contribution in [3.8, 4) is 0 Å². The maximum absolute atomic E-state index is 11.9. The molecule has 0 fully saturated rings. The van der Waals surface area contributed by atoms with E-state index in [0.29, 0.717) is 5.69 Å². The van der Waals surface area contributed by atoms with E-state index in [-0.39, 0.29) is 11.7 Å². The fourth-order valence-electron chi connectivity index (χ4n) is 1.51. The van der Waals surface area contributed by atoms with Crippen LogP contribution in [0.15, 0.2) is 53.1 Å². The lowest BCUT2D eigenvalue weighted by atomic mass is 10.2. The lowest BCUT2D eigenvalue weighted by Gasteiger charge is -2.13. The summed E-state index contributed by atoms with van der Waals surface area (Å²) in [6, 6.07) is 11.6. The molecule has 0 saturated heterocycles. The minimum atomic E-state index is -0.655. The van der Waals surface area contributed by atoms with E-state index >= 15 is 0 Å². The minimum Gasteiger partial charge on any atom is -0.459 e. The van der Waals surface area contributed by atoms with Gasteiger partial charge in [0.15, 0.2) is 5.76 Å². The fourth-order valence-corrected chi connectivity index (χ4v) is 1.51. The molecular formula is C14H14N2O3. The summed E-state index contributed by atoms with van der Waals surface area (Å²) in [4.78, 5) is 23.5. The minimum absolute atomic E-state index is 0.180. The highest BCUT2D eigenvalue weighted by molar-refractivity contribution is 5.99. The van der Waals surface area contributed by atoms with Gasteiger partial charge >= 0.3 is 0 Å². The smallest absolute Gasteiger partial charge is 0.287 e. The molecule has 0 aliphatic rings. The first kappa shape index (κ1) is 12.9. The second kappa shape index (κ2) is 5.86. The van der Waals surface area contributed by atoms with Gasteiger partial charge in [-0.15, -0.1) is 0 Å². The zero-order chi connectivity index (χ0) is 13.7.